The molecule has 0 atom stereocenters. The number of hydrogen-bond acceptors (Lipinski definition) is 4. The minimum Gasteiger partial charge on any atom is -0.478 e. The van der Waals surface area contributed by atoms with Gasteiger partial charge in [-0.1, -0.05) is 36.4 Å². The fraction of sp³-hybridized carbons (Fsp3) is 0.136. The standard InChI is InChI=1S/C22H15ClF2N4O2S/c1-2-8-28-11-12(10-27-28)29-16(9-26)21(14-6-7-15(23)19(25)20(14)29)32-17-5-3-4-13(18(17)24)22(30)31/h3-7,10-11H,2,8H2,1H3,(H,30,31). The van der Waals surface area contributed by atoms with Crippen molar-refractivity contribution >= 4 is 40.2 Å². The average molecular weight is 473 g/mol. The Balaban J connectivity index is 1.99. The van der Waals surface area contributed by atoms with Crippen LogP contribution in [0.15, 0.2) is 52.5 Å². The molecule has 1 N–H and O–H groups in total. The van der Waals surface area contributed by atoms with E-state index in [1.807, 2.05) is 6.92 Å². The van der Waals surface area contributed by atoms with E-state index in [0.717, 1.165) is 24.2 Å². The van der Waals surface area contributed by atoms with E-state index in [1.54, 1.807) is 16.9 Å². The average Bonchev–Trinajstić information content (AvgIpc) is 3.34. The number of nitrogens with zero attached hydrogens (tertiary/aromatic N) is 4. The molecular formula is C22H15ClF2N4O2S. The third-order valence-corrected chi connectivity index (χ3v) is 6.26. The van der Waals surface area contributed by atoms with Crippen molar-refractivity contribution < 1.29 is 18.7 Å². The van der Waals surface area contributed by atoms with Crippen molar-refractivity contribution in [1.29, 1.82) is 5.26 Å². The van der Waals surface area contributed by atoms with Crippen LogP contribution in [0.5, 0.6) is 0 Å². The molecular weight excluding hydrogens is 458 g/mol. The summed E-state index contributed by atoms with van der Waals surface area (Å²) in [6, 6.07) is 8.95. The highest BCUT2D eigenvalue weighted by Crippen LogP contribution is 2.42. The number of fused-ring (bicyclic) bond motifs is 1. The third-order valence-electron chi connectivity index (χ3n) is 4.82. The first-order valence-electron chi connectivity index (χ1n) is 9.52. The maximum Gasteiger partial charge on any atom is 0.338 e. The number of carboxylic acids is 1. The van der Waals surface area contributed by atoms with Crippen molar-refractivity contribution in [2.24, 2.45) is 0 Å². The maximum atomic E-state index is 15.2. The molecule has 0 radical (unpaired) electrons. The zero-order valence-electron chi connectivity index (χ0n) is 16.6. The van der Waals surface area contributed by atoms with Crippen molar-refractivity contribution in [3.05, 3.63) is 70.6 Å². The molecule has 6 nitrogen and oxygen atoms in total. The molecule has 0 spiro atoms. The number of benzene rings is 2. The lowest BCUT2D eigenvalue weighted by molar-refractivity contribution is 0.0691. The molecule has 0 aliphatic rings. The first-order chi connectivity index (χ1) is 15.4. The van der Waals surface area contributed by atoms with Crippen LogP contribution in [0.25, 0.3) is 16.6 Å². The molecule has 4 rings (SSSR count). The zero-order chi connectivity index (χ0) is 23.0. The smallest absolute Gasteiger partial charge is 0.338 e. The summed E-state index contributed by atoms with van der Waals surface area (Å²) in [5.74, 6) is -3.07. The van der Waals surface area contributed by atoms with Gasteiger partial charge >= 0.3 is 5.97 Å². The molecule has 2 aromatic heterocycles. The van der Waals surface area contributed by atoms with E-state index in [9.17, 15) is 19.6 Å². The minimum absolute atomic E-state index is 0.00233. The quantitative estimate of drug-likeness (QED) is 0.378. The lowest BCUT2D eigenvalue weighted by atomic mass is 10.2. The number of carbonyl (C=O) groups is 1. The van der Waals surface area contributed by atoms with Gasteiger partial charge in [0, 0.05) is 23.0 Å². The molecule has 2 aromatic carbocycles. The summed E-state index contributed by atoms with van der Waals surface area (Å²) in [6.45, 7) is 2.63. The van der Waals surface area contributed by atoms with Crippen LogP contribution in [0.4, 0.5) is 8.78 Å². The fourth-order valence-electron chi connectivity index (χ4n) is 3.43. The number of rotatable bonds is 6. The van der Waals surface area contributed by atoms with E-state index in [2.05, 4.69) is 11.2 Å². The summed E-state index contributed by atoms with van der Waals surface area (Å²) in [7, 11) is 0. The molecule has 0 aliphatic heterocycles. The van der Waals surface area contributed by atoms with Crippen LogP contribution in [-0.4, -0.2) is 25.4 Å². The molecule has 0 aliphatic carbocycles. The van der Waals surface area contributed by atoms with E-state index in [-0.39, 0.29) is 26.0 Å². The van der Waals surface area contributed by atoms with Gasteiger partial charge in [-0.3, -0.25) is 9.25 Å². The molecule has 2 heterocycles. The predicted molar refractivity (Wildman–Crippen MR) is 117 cm³/mol. The topological polar surface area (TPSA) is 83.8 Å². The second-order valence-electron chi connectivity index (χ2n) is 6.87. The van der Waals surface area contributed by atoms with E-state index >= 15 is 4.39 Å². The number of aromatic carboxylic acids is 1. The molecule has 0 saturated heterocycles. The summed E-state index contributed by atoms with van der Waals surface area (Å²) >= 11 is 6.88. The lowest BCUT2D eigenvalue weighted by Gasteiger charge is -2.06. The van der Waals surface area contributed by atoms with Crippen molar-refractivity contribution in [3.63, 3.8) is 0 Å². The van der Waals surface area contributed by atoms with Gasteiger partial charge in [0.2, 0.25) is 0 Å². The summed E-state index contributed by atoms with van der Waals surface area (Å²) in [6.07, 6.45) is 4.03. The summed E-state index contributed by atoms with van der Waals surface area (Å²) in [4.78, 5) is 11.6. The first kappa shape index (κ1) is 21.9. The normalized spacial score (nSPS) is 11.1. The van der Waals surface area contributed by atoms with Crippen LogP contribution in [-0.2, 0) is 6.54 Å². The van der Waals surface area contributed by atoms with Crippen LogP contribution >= 0.6 is 23.4 Å². The second kappa shape index (κ2) is 8.65. The lowest BCUT2D eigenvalue weighted by Crippen LogP contribution is -2.01. The Hall–Kier alpha value is -3.35. The van der Waals surface area contributed by atoms with Gasteiger partial charge in [-0.05, 0) is 30.7 Å². The van der Waals surface area contributed by atoms with Gasteiger partial charge < -0.3 is 5.11 Å². The monoisotopic (exact) mass is 472 g/mol. The van der Waals surface area contributed by atoms with Crippen molar-refractivity contribution in [2.45, 2.75) is 29.7 Å². The molecule has 0 saturated carbocycles. The predicted octanol–water partition coefficient (Wildman–Crippen LogP) is 5.89. The van der Waals surface area contributed by atoms with E-state index in [1.165, 1.54) is 29.0 Å². The van der Waals surface area contributed by atoms with Crippen LogP contribution < -0.4 is 0 Å². The number of carboxylic acid groups (broad SMARTS) is 1. The Labute approximate surface area is 190 Å². The van der Waals surface area contributed by atoms with Crippen LogP contribution in [0.2, 0.25) is 5.02 Å². The molecule has 0 fully saturated rings. The number of halogens is 3. The Morgan fingerprint density at radius 1 is 1.28 bits per heavy atom. The summed E-state index contributed by atoms with van der Waals surface area (Å²) in [5.41, 5.74) is 0.0739. The Morgan fingerprint density at radius 3 is 2.75 bits per heavy atom. The Kier molecular flexibility index (Phi) is 5.91. The Bertz CT molecular complexity index is 1410. The van der Waals surface area contributed by atoms with Gasteiger partial charge in [-0.15, -0.1) is 0 Å². The molecule has 10 heteroatoms. The fourth-order valence-corrected chi connectivity index (χ4v) is 4.66. The molecule has 162 valence electrons. The summed E-state index contributed by atoms with van der Waals surface area (Å²) < 4.78 is 33.0. The third kappa shape index (κ3) is 3.61. The van der Waals surface area contributed by atoms with Crippen LogP contribution in [0.1, 0.15) is 29.4 Å². The number of aromatic nitrogens is 3. The Morgan fingerprint density at radius 2 is 2.06 bits per heavy atom. The van der Waals surface area contributed by atoms with Gasteiger partial charge in [0.05, 0.1) is 32.9 Å². The van der Waals surface area contributed by atoms with Gasteiger partial charge in [-0.25, -0.2) is 13.6 Å². The molecule has 0 bridgehead atoms. The number of aryl methyl sites for hydroxylation is 1. The van der Waals surface area contributed by atoms with E-state index in [4.69, 9.17) is 11.6 Å². The summed E-state index contributed by atoms with van der Waals surface area (Å²) in [5, 5.41) is 23.7. The number of nitriles is 1. The van der Waals surface area contributed by atoms with E-state index < -0.39 is 23.2 Å². The zero-order valence-corrected chi connectivity index (χ0v) is 18.2. The second-order valence-corrected chi connectivity index (χ2v) is 8.33. The molecule has 32 heavy (non-hydrogen) atoms. The van der Waals surface area contributed by atoms with Crippen molar-refractivity contribution in [3.8, 4) is 11.8 Å². The van der Waals surface area contributed by atoms with Crippen molar-refractivity contribution in [1.82, 2.24) is 14.3 Å². The molecule has 0 unspecified atom stereocenters. The highest BCUT2D eigenvalue weighted by atomic mass is 35.5. The van der Waals surface area contributed by atoms with Crippen LogP contribution in [0, 0.1) is 23.0 Å². The molecule has 0 amide bonds. The van der Waals surface area contributed by atoms with Gasteiger partial charge in [0.15, 0.2) is 11.6 Å². The highest BCUT2D eigenvalue weighted by Gasteiger charge is 2.25. The van der Waals surface area contributed by atoms with Gasteiger partial charge in [0.1, 0.15) is 11.8 Å². The van der Waals surface area contributed by atoms with Gasteiger partial charge in [-0.2, -0.15) is 10.4 Å². The van der Waals surface area contributed by atoms with E-state index in [0.29, 0.717) is 17.6 Å². The van der Waals surface area contributed by atoms with Crippen LogP contribution in [0.3, 0.4) is 0 Å². The van der Waals surface area contributed by atoms with Crippen molar-refractivity contribution in [2.75, 3.05) is 0 Å². The SMILES string of the molecule is CCCn1cc(-n2c(C#N)c(Sc3cccc(C(=O)O)c3F)c3ccc(Cl)c(F)c32)cn1. The minimum atomic E-state index is -1.41. The highest BCUT2D eigenvalue weighted by molar-refractivity contribution is 7.99. The maximum absolute atomic E-state index is 15.2. The largest absolute Gasteiger partial charge is 0.478 e. The first-order valence-corrected chi connectivity index (χ1v) is 10.7. The molecule has 4 aromatic rings. The van der Waals surface area contributed by atoms with Gasteiger partial charge in [0.25, 0.3) is 0 Å². The number of hydrogen-bond donors (Lipinski definition) is 1.